The van der Waals surface area contributed by atoms with Crippen molar-refractivity contribution >= 4 is 5.91 Å². The lowest BCUT2D eigenvalue weighted by Gasteiger charge is -2.38. The third-order valence-corrected chi connectivity index (χ3v) is 5.60. The van der Waals surface area contributed by atoms with Crippen LogP contribution in [0.5, 0.6) is 0 Å². The molecule has 152 valence electrons. The summed E-state index contributed by atoms with van der Waals surface area (Å²) in [4.78, 5) is 19.3. The highest BCUT2D eigenvalue weighted by atomic mass is 16.5. The summed E-state index contributed by atoms with van der Waals surface area (Å²) < 4.78 is 22.9. The highest BCUT2D eigenvalue weighted by molar-refractivity contribution is 5.95. The topological polar surface area (TPSA) is 90.8 Å². The molecule has 1 atom stereocenters. The fourth-order valence-corrected chi connectivity index (χ4v) is 4.11. The van der Waals surface area contributed by atoms with E-state index >= 15 is 0 Å². The van der Waals surface area contributed by atoms with Crippen LogP contribution < -0.4 is 0 Å². The lowest BCUT2D eigenvalue weighted by atomic mass is 9.90. The zero-order valence-corrected chi connectivity index (χ0v) is 16.7. The van der Waals surface area contributed by atoms with Crippen LogP contribution in [0.1, 0.15) is 72.3 Å². The van der Waals surface area contributed by atoms with Crippen molar-refractivity contribution < 1.29 is 23.2 Å². The fourth-order valence-electron chi connectivity index (χ4n) is 4.11. The number of hydrogen-bond donors (Lipinski definition) is 0. The number of amides is 1. The molecular formula is C20H27N3O5. The number of aryl methyl sites for hydroxylation is 2. The van der Waals surface area contributed by atoms with Gasteiger partial charge in [-0.3, -0.25) is 4.79 Å². The van der Waals surface area contributed by atoms with E-state index in [2.05, 4.69) is 10.1 Å². The van der Waals surface area contributed by atoms with Gasteiger partial charge < -0.3 is 23.3 Å². The molecule has 2 aliphatic heterocycles. The number of carbonyl (C=O) groups excluding carboxylic acids is 1. The minimum atomic E-state index is -0.656. The Morgan fingerprint density at radius 3 is 2.75 bits per heavy atom. The first-order valence-corrected chi connectivity index (χ1v) is 9.98. The minimum absolute atomic E-state index is 0.00924. The van der Waals surface area contributed by atoms with Gasteiger partial charge in [-0.1, -0.05) is 5.16 Å². The summed E-state index contributed by atoms with van der Waals surface area (Å²) in [5, 5.41) is 4.13. The van der Waals surface area contributed by atoms with Crippen LogP contribution in [0.4, 0.5) is 0 Å². The Labute approximate surface area is 164 Å². The molecule has 0 N–H and O–H groups in total. The van der Waals surface area contributed by atoms with Crippen molar-refractivity contribution in [1.82, 2.24) is 15.0 Å². The Kier molecular flexibility index (Phi) is 5.25. The molecule has 28 heavy (non-hydrogen) atoms. The molecule has 4 rings (SSSR count). The second-order valence-corrected chi connectivity index (χ2v) is 7.51. The van der Waals surface area contributed by atoms with Gasteiger partial charge in [0.25, 0.3) is 11.8 Å². The molecule has 0 aliphatic carbocycles. The molecule has 4 heterocycles. The second kappa shape index (κ2) is 7.67. The molecule has 8 heteroatoms. The number of ether oxygens (including phenoxy) is 2. The quantitative estimate of drug-likeness (QED) is 0.775. The smallest absolute Gasteiger partial charge is 0.259 e. The fraction of sp³-hybridized carbons (Fsp3) is 0.650. The molecule has 0 radical (unpaired) electrons. The number of piperidine rings is 1. The van der Waals surface area contributed by atoms with Crippen molar-refractivity contribution in [1.29, 1.82) is 0 Å². The average Bonchev–Trinajstić information content (AvgIpc) is 3.42. The van der Waals surface area contributed by atoms with E-state index in [4.69, 9.17) is 18.4 Å². The van der Waals surface area contributed by atoms with Gasteiger partial charge >= 0.3 is 0 Å². The Morgan fingerprint density at radius 1 is 1.36 bits per heavy atom. The summed E-state index contributed by atoms with van der Waals surface area (Å²) in [6.45, 7) is 8.00. The Morgan fingerprint density at radius 2 is 2.14 bits per heavy atom. The predicted octanol–water partition coefficient (Wildman–Crippen LogP) is 3.30. The van der Waals surface area contributed by atoms with Crippen molar-refractivity contribution in [2.24, 2.45) is 0 Å². The van der Waals surface area contributed by atoms with Crippen LogP contribution in [0.3, 0.4) is 0 Å². The number of carbonyl (C=O) groups is 1. The lowest BCUT2D eigenvalue weighted by molar-refractivity contribution is -0.0990. The maximum absolute atomic E-state index is 12.9. The summed E-state index contributed by atoms with van der Waals surface area (Å²) in [6.07, 6.45) is 3.04. The number of aromatic nitrogens is 2. The monoisotopic (exact) mass is 389 g/mol. The molecule has 1 amide bonds. The highest BCUT2D eigenvalue weighted by Crippen LogP contribution is 2.38. The second-order valence-electron chi connectivity index (χ2n) is 7.51. The third-order valence-electron chi connectivity index (χ3n) is 5.60. The van der Waals surface area contributed by atoms with Crippen LogP contribution >= 0.6 is 0 Å². The zero-order valence-electron chi connectivity index (χ0n) is 16.7. The summed E-state index contributed by atoms with van der Waals surface area (Å²) in [5.74, 6) is 2.47. The summed E-state index contributed by atoms with van der Waals surface area (Å²) in [6, 6.07) is 1.80. The summed E-state index contributed by atoms with van der Waals surface area (Å²) >= 11 is 0. The molecule has 2 aromatic heterocycles. The molecule has 2 saturated heterocycles. The van der Waals surface area contributed by atoms with Gasteiger partial charge in [0.15, 0.2) is 0 Å². The number of rotatable bonds is 5. The zero-order chi connectivity index (χ0) is 19.7. The first-order valence-electron chi connectivity index (χ1n) is 9.98. The summed E-state index contributed by atoms with van der Waals surface area (Å²) in [7, 11) is 0. The van der Waals surface area contributed by atoms with Crippen molar-refractivity contribution in [2.45, 2.75) is 58.2 Å². The van der Waals surface area contributed by atoms with Gasteiger partial charge in [-0.2, -0.15) is 4.98 Å². The minimum Gasteiger partial charge on any atom is -0.466 e. The van der Waals surface area contributed by atoms with Crippen molar-refractivity contribution in [3.05, 3.63) is 34.9 Å². The van der Waals surface area contributed by atoms with Crippen molar-refractivity contribution in [3.63, 3.8) is 0 Å². The number of hydrogen-bond acceptors (Lipinski definition) is 7. The largest absolute Gasteiger partial charge is 0.466 e. The van der Waals surface area contributed by atoms with Crippen molar-refractivity contribution in [2.75, 3.05) is 26.3 Å². The molecule has 0 saturated carbocycles. The number of furan rings is 1. The SMILES string of the molecule is CCOC1(c2nc([C@H]3CCCO3)no2)CCN(C(=O)c2cc(C)oc2C)CC1. The standard InChI is InChI=1S/C20H27N3O5/c1-4-26-20(19-21-17(22-28-19)16-6-5-11-25-16)7-9-23(10-8-20)18(24)15-12-13(2)27-14(15)3/h12,16H,4-11H2,1-3H3/t16-/m1/s1. The molecule has 0 unspecified atom stereocenters. The third kappa shape index (κ3) is 3.46. The van der Waals surface area contributed by atoms with E-state index in [0.717, 1.165) is 25.2 Å². The Balaban J connectivity index is 1.49. The van der Waals surface area contributed by atoms with E-state index in [9.17, 15) is 4.79 Å². The number of nitrogens with zero attached hydrogens (tertiary/aromatic N) is 3. The van der Waals surface area contributed by atoms with E-state index in [1.807, 2.05) is 25.7 Å². The Bertz CT molecular complexity index is 829. The van der Waals surface area contributed by atoms with Crippen molar-refractivity contribution in [3.8, 4) is 0 Å². The predicted molar refractivity (Wildman–Crippen MR) is 98.8 cm³/mol. The Hall–Kier alpha value is -2.19. The molecule has 2 aromatic rings. The molecular weight excluding hydrogens is 362 g/mol. The van der Waals surface area contributed by atoms with E-state index < -0.39 is 5.60 Å². The number of likely N-dealkylation sites (tertiary alicyclic amines) is 1. The van der Waals surface area contributed by atoms with Gasteiger partial charge in [0, 0.05) is 39.1 Å². The van der Waals surface area contributed by atoms with Crippen LogP contribution in [-0.4, -0.2) is 47.3 Å². The van der Waals surface area contributed by atoms with Gasteiger partial charge in [-0.25, -0.2) is 0 Å². The maximum Gasteiger partial charge on any atom is 0.259 e. The molecule has 2 fully saturated rings. The van der Waals surface area contributed by atoms with E-state index in [1.54, 1.807) is 6.07 Å². The van der Waals surface area contributed by atoms with Gasteiger partial charge in [0.05, 0.1) is 5.56 Å². The van der Waals surface area contributed by atoms with E-state index in [1.165, 1.54) is 0 Å². The van der Waals surface area contributed by atoms with Crippen LogP contribution in [0.2, 0.25) is 0 Å². The first-order chi connectivity index (χ1) is 13.5. The van der Waals surface area contributed by atoms with Gasteiger partial charge in [0.1, 0.15) is 23.2 Å². The van der Waals surface area contributed by atoms with E-state index in [-0.39, 0.29) is 12.0 Å². The normalized spacial score (nSPS) is 22.0. The van der Waals surface area contributed by atoms with Gasteiger partial charge in [-0.05, 0) is 39.7 Å². The molecule has 2 aliphatic rings. The van der Waals surface area contributed by atoms with Gasteiger partial charge in [0.2, 0.25) is 5.82 Å². The van der Waals surface area contributed by atoms with Crippen LogP contribution in [0.25, 0.3) is 0 Å². The first kappa shape index (κ1) is 19.1. The molecule has 0 spiro atoms. The molecule has 0 aromatic carbocycles. The highest BCUT2D eigenvalue weighted by Gasteiger charge is 2.44. The summed E-state index contributed by atoms with van der Waals surface area (Å²) in [5.41, 5.74) is -0.0311. The van der Waals surface area contributed by atoms with E-state index in [0.29, 0.717) is 55.6 Å². The van der Waals surface area contributed by atoms with Crippen LogP contribution in [0, 0.1) is 13.8 Å². The lowest BCUT2D eigenvalue weighted by Crippen LogP contribution is -2.46. The molecule has 0 bridgehead atoms. The molecule has 8 nitrogen and oxygen atoms in total. The van der Waals surface area contributed by atoms with Crippen LogP contribution in [0.15, 0.2) is 15.0 Å². The average molecular weight is 389 g/mol. The maximum atomic E-state index is 12.9. The van der Waals surface area contributed by atoms with Gasteiger partial charge in [-0.15, -0.1) is 0 Å². The van der Waals surface area contributed by atoms with Crippen LogP contribution in [-0.2, 0) is 15.1 Å².